The molecule has 0 radical (unpaired) electrons. The second kappa shape index (κ2) is 6.12. The van der Waals surface area contributed by atoms with Crippen molar-refractivity contribution in [3.05, 3.63) is 36.2 Å². The van der Waals surface area contributed by atoms with Gasteiger partial charge in [-0.1, -0.05) is 33.3 Å². The van der Waals surface area contributed by atoms with Crippen molar-refractivity contribution >= 4 is 11.0 Å². The highest BCUT2D eigenvalue weighted by atomic mass is 14.8. The van der Waals surface area contributed by atoms with Crippen LogP contribution in [0.4, 0.5) is 0 Å². The van der Waals surface area contributed by atoms with Gasteiger partial charge in [0.1, 0.15) is 0 Å². The lowest BCUT2D eigenvalue weighted by molar-refractivity contribution is 0.923. The molecule has 0 aliphatic carbocycles. The fraction of sp³-hybridized carbons (Fsp3) is 0.385. The van der Waals surface area contributed by atoms with Crippen molar-refractivity contribution in [1.82, 2.24) is 9.97 Å². The number of rotatable bonds is 2. The molecular formula is C13H18N2. The van der Waals surface area contributed by atoms with E-state index in [1.54, 1.807) is 12.4 Å². The third-order valence-electron chi connectivity index (χ3n) is 2.07. The van der Waals surface area contributed by atoms with Gasteiger partial charge in [0.15, 0.2) is 0 Å². The molecule has 0 N–H and O–H groups in total. The van der Waals surface area contributed by atoms with Gasteiger partial charge in [0, 0.05) is 12.4 Å². The number of fused-ring (bicyclic) bond motifs is 1. The van der Waals surface area contributed by atoms with Crippen LogP contribution in [-0.4, -0.2) is 9.97 Å². The quantitative estimate of drug-likeness (QED) is 0.743. The summed E-state index contributed by atoms with van der Waals surface area (Å²) in [6.45, 7) is 6.18. The average molecular weight is 202 g/mol. The van der Waals surface area contributed by atoms with Crippen molar-refractivity contribution in [3.8, 4) is 0 Å². The Hall–Kier alpha value is -1.44. The van der Waals surface area contributed by atoms with Crippen molar-refractivity contribution in [2.45, 2.75) is 33.6 Å². The summed E-state index contributed by atoms with van der Waals surface area (Å²) in [5.41, 5.74) is 3.31. The minimum absolute atomic E-state index is 0.974. The van der Waals surface area contributed by atoms with E-state index < -0.39 is 0 Å². The van der Waals surface area contributed by atoms with Crippen molar-refractivity contribution in [2.75, 3.05) is 0 Å². The zero-order valence-corrected chi connectivity index (χ0v) is 9.70. The molecule has 0 aliphatic rings. The highest BCUT2D eigenvalue weighted by Crippen LogP contribution is 2.11. The van der Waals surface area contributed by atoms with E-state index in [-0.39, 0.29) is 0 Å². The molecule has 15 heavy (non-hydrogen) atoms. The zero-order chi connectivity index (χ0) is 11.1. The van der Waals surface area contributed by atoms with Crippen LogP contribution in [-0.2, 0) is 6.42 Å². The highest BCUT2D eigenvalue weighted by molar-refractivity contribution is 5.74. The molecular weight excluding hydrogens is 184 g/mol. The maximum atomic E-state index is 4.26. The zero-order valence-electron chi connectivity index (χ0n) is 9.70. The average Bonchev–Trinajstić information content (AvgIpc) is 2.32. The van der Waals surface area contributed by atoms with Gasteiger partial charge in [-0.3, -0.25) is 9.97 Å². The molecule has 0 spiro atoms. The number of hydrogen-bond acceptors (Lipinski definition) is 2. The monoisotopic (exact) mass is 202 g/mol. The normalized spacial score (nSPS) is 9.53. The van der Waals surface area contributed by atoms with E-state index in [2.05, 4.69) is 29.0 Å². The fourth-order valence-electron chi connectivity index (χ4n) is 1.45. The number of nitrogens with zero attached hydrogens (tertiary/aromatic N) is 2. The Bertz CT molecular complexity index is 410. The van der Waals surface area contributed by atoms with Gasteiger partial charge in [0.05, 0.1) is 11.0 Å². The van der Waals surface area contributed by atoms with Crippen LogP contribution >= 0.6 is 0 Å². The fourth-order valence-corrected chi connectivity index (χ4v) is 1.45. The van der Waals surface area contributed by atoms with Crippen molar-refractivity contribution in [1.29, 1.82) is 0 Å². The smallest absolute Gasteiger partial charge is 0.0889 e. The second-order valence-electron chi connectivity index (χ2n) is 3.13. The van der Waals surface area contributed by atoms with Gasteiger partial charge < -0.3 is 0 Å². The molecule has 0 atom stereocenters. The van der Waals surface area contributed by atoms with Gasteiger partial charge in [0.25, 0.3) is 0 Å². The van der Waals surface area contributed by atoms with Crippen LogP contribution in [0.15, 0.2) is 30.6 Å². The van der Waals surface area contributed by atoms with Crippen LogP contribution in [0.2, 0.25) is 0 Å². The largest absolute Gasteiger partial charge is 0.253 e. The van der Waals surface area contributed by atoms with E-state index in [4.69, 9.17) is 0 Å². The highest BCUT2D eigenvalue weighted by Gasteiger charge is 1.96. The molecule has 2 nitrogen and oxygen atoms in total. The first-order valence-corrected chi connectivity index (χ1v) is 5.60. The number of aryl methyl sites for hydroxylation is 1. The molecule has 0 fully saturated rings. The first kappa shape index (κ1) is 11.6. The third kappa shape index (κ3) is 3.01. The lowest BCUT2D eigenvalue weighted by atomic mass is 10.1. The Labute approximate surface area is 91.4 Å². The summed E-state index contributed by atoms with van der Waals surface area (Å²) >= 11 is 0. The van der Waals surface area contributed by atoms with Gasteiger partial charge >= 0.3 is 0 Å². The molecule has 1 aromatic heterocycles. The SMILES string of the molecule is CC.CCCc1ccc2nccnc2c1. The molecule has 0 bridgehead atoms. The molecule has 0 saturated heterocycles. The Kier molecular flexibility index (Phi) is 4.75. The molecule has 80 valence electrons. The molecule has 0 saturated carbocycles. The molecule has 0 unspecified atom stereocenters. The van der Waals surface area contributed by atoms with E-state index in [1.165, 1.54) is 12.0 Å². The lowest BCUT2D eigenvalue weighted by Crippen LogP contribution is -1.86. The molecule has 2 heteroatoms. The van der Waals surface area contributed by atoms with Crippen LogP contribution in [0.25, 0.3) is 11.0 Å². The van der Waals surface area contributed by atoms with Gasteiger partial charge in [-0.2, -0.15) is 0 Å². The standard InChI is InChI=1S/C11H12N2.C2H6/c1-2-3-9-4-5-10-11(8-9)13-7-6-12-10;1-2/h4-8H,2-3H2,1H3;1-2H3. The van der Waals surface area contributed by atoms with E-state index in [0.717, 1.165) is 17.5 Å². The number of aromatic nitrogens is 2. The third-order valence-corrected chi connectivity index (χ3v) is 2.07. The predicted molar refractivity (Wildman–Crippen MR) is 64.9 cm³/mol. The Morgan fingerprint density at radius 2 is 1.67 bits per heavy atom. The van der Waals surface area contributed by atoms with Gasteiger partial charge in [-0.25, -0.2) is 0 Å². The van der Waals surface area contributed by atoms with Crippen LogP contribution in [0, 0.1) is 0 Å². The molecule has 1 heterocycles. The summed E-state index contributed by atoms with van der Waals surface area (Å²) in [6.07, 6.45) is 5.75. The van der Waals surface area contributed by atoms with Crippen LogP contribution in [0.5, 0.6) is 0 Å². The van der Waals surface area contributed by atoms with Crippen molar-refractivity contribution in [2.24, 2.45) is 0 Å². The molecule has 0 amide bonds. The van der Waals surface area contributed by atoms with Crippen LogP contribution in [0.1, 0.15) is 32.8 Å². The summed E-state index contributed by atoms with van der Waals surface area (Å²) in [5.74, 6) is 0. The molecule has 2 rings (SSSR count). The summed E-state index contributed by atoms with van der Waals surface area (Å²) in [5, 5.41) is 0. The Balaban J connectivity index is 0.000000531. The maximum absolute atomic E-state index is 4.26. The summed E-state index contributed by atoms with van der Waals surface area (Å²) < 4.78 is 0. The summed E-state index contributed by atoms with van der Waals surface area (Å²) in [6, 6.07) is 6.28. The summed E-state index contributed by atoms with van der Waals surface area (Å²) in [4.78, 5) is 8.48. The van der Waals surface area contributed by atoms with Crippen LogP contribution < -0.4 is 0 Å². The predicted octanol–water partition coefficient (Wildman–Crippen LogP) is 3.61. The Morgan fingerprint density at radius 1 is 1.00 bits per heavy atom. The topological polar surface area (TPSA) is 25.8 Å². The first-order valence-electron chi connectivity index (χ1n) is 5.60. The number of benzene rings is 1. The second-order valence-corrected chi connectivity index (χ2v) is 3.13. The minimum atomic E-state index is 0.974. The maximum Gasteiger partial charge on any atom is 0.0889 e. The minimum Gasteiger partial charge on any atom is -0.253 e. The molecule has 1 aromatic carbocycles. The number of hydrogen-bond donors (Lipinski definition) is 0. The van der Waals surface area contributed by atoms with Crippen LogP contribution in [0.3, 0.4) is 0 Å². The van der Waals surface area contributed by atoms with E-state index in [1.807, 2.05) is 19.9 Å². The van der Waals surface area contributed by atoms with E-state index in [0.29, 0.717) is 0 Å². The molecule has 0 aliphatic heterocycles. The van der Waals surface area contributed by atoms with Gasteiger partial charge in [0.2, 0.25) is 0 Å². The molecule has 2 aromatic rings. The van der Waals surface area contributed by atoms with Gasteiger partial charge in [-0.15, -0.1) is 0 Å². The Morgan fingerprint density at radius 3 is 2.33 bits per heavy atom. The van der Waals surface area contributed by atoms with Gasteiger partial charge in [-0.05, 0) is 24.1 Å². The summed E-state index contributed by atoms with van der Waals surface area (Å²) in [7, 11) is 0. The lowest BCUT2D eigenvalue weighted by Gasteiger charge is -1.99. The van der Waals surface area contributed by atoms with Crippen molar-refractivity contribution in [3.63, 3.8) is 0 Å². The van der Waals surface area contributed by atoms with E-state index in [9.17, 15) is 0 Å². The van der Waals surface area contributed by atoms with Crippen molar-refractivity contribution < 1.29 is 0 Å². The van der Waals surface area contributed by atoms with E-state index >= 15 is 0 Å². The first-order chi connectivity index (χ1) is 7.40.